The zero-order valence-corrected chi connectivity index (χ0v) is 29.0. The van der Waals surface area contributed by atoms with Crippen LogP contribution in [0.4, 0.5) is 17.1 Å². The van der Waals surface area contributed by atoms with Crippen molar-refractivity contribution in [1.82, 2.24) is 4.57 Å². The van der Waals surface area contributed by atoms with E-state index in [2.05, 4.69) is 77.4 Å². The van der Waals surface area contributed by atoms with Crippen molar-refractivity contribution in [1.29, 1.82) is 0 Å². The average molecular weight is 703 g/mol. The summed E-state index contributed by atoms with van der Waals surface area (Å²) in [6.07, 6.45) is 0. The van der Waals surface area contributed by atoms with Crippen LogP contribution in [-0.2, 0) is 0 Å². The summed E-state index contributed by atoms with van der Waals surface area (Å²) in [6, 6.07) is 59.3. The van der Waals surface area contributed by atoms with Crippen molar-refractivity contribution in [3.05, 3.63) is 182 Å². The maximum atomic E-state index is 11.6. The lowest BCUT2D eigenvalue weighted by atomic mass is 9.99. The van der Waals surface area contributed by atoms with E-state index in [-0.39, 0.29) is 11.3 Å². The van der Waals surface area contributed by atoms with Crippen molar-refractivity contribution in [2.75, 3.05) is 4.90 Å². The van der Waals surface area contributed by atoms with Gasteiger partial charge in [-0.15, -0.1) is 0 Å². The van der Waals surface area contributed by atoms with Gasteiger partial charge in [-0.05, 0) is 76.3 Å². The topological polar surface area (TPSA) is 89.1 Å². The summed E-state index contributed by atoms with van der Waals surface area (Å²) < 4.78 is 2.28. The van der Waals surface area contributed by atoms with E-state index >= 15 is 0 Å². The van der Waals surface area contributed by atoms with Gasteiger partial charge in [-0.3, -0.25) is 0 Å². The van der Waals surface area contributed by atoms with E-state index in [9.17, 15) is 20.4 Å². The van der Waals surface area contributed by atoms with Gasteiger partial charge in [0, 0.05) is 27.8 Å². The fourth-order valence-electron chi connectivity index (χ4n) is 7.44. The van der Waals surface area contributed by atoms with Gasteiger partial charge in [0.25, 0.3) is 0 Å². The third kappa shape index (κ3) is 5.45. The second-order valence-corrected chi connectivity index (χ2v) is 13.2. The van der Waals surface area contributed by atoms with Gasteiger partial charge in [0.2, 0.25) is 0 Å². The van der Waals surface area contributed by atoms with Gasteiger partial charge in [-0.1, -0.05) is 133 Å². The third-order valence-corrected chi connectivity index (χ3v) is 10.0. The molecule has 0 amide bonds. The normalized spacial score (nSPS) is 11.3. The molecule has 0 radical (unpaired) electrons. The molecular weight excluding hydrogens is 669 g/mol. The average Bonchev–Trinajstić information content (AvgIpc) is 3.57. The smallest absolute Gasteiger partial charge is 0.186 e. The summed E-state index contributed by atoms with van der Waals surface area (Å²) in [7, 11) is 0. The Morgan fingerprint density at radius 1 is 0.352 bits per heavy atom. The number of rotatable bonds is 7. The van der Waals surface area contributed by atoms with Crippen LogP contribution in [0.15, 0.2) is 182 Å². The van der Waals surface area contributed by atoms with Crippen molar-refractivity contribution >= 4 is 38.9 Å². The Morgan fingerprint density at radius 3 is 1.31 bits per heavy atom. The highest BCUT2D eigenvalue weighted by atomic mass is 16.3. The molecule has 1 aromatic heterocycles. The Kier molecular flexibility index (Phi) is 7.98. The minimum Gasteiger partial charge on any atom is -0.504 e. The summed E-state index contributed by atoms with van der Waals surface area (Å²) in [6.45, 7) is 0. The highest BCUT2D eigenvalue weighted by Crippen LogP contribution is 2.58. The molecule has 9 aromatic rings. The number of phenols is 4. The lowest BCUT2D eigenvalue weighted by Gasteiger charge is -2.28. The number of aromatic nitrogens is 1. The second kappa shape index (κ2) is 13.3. The number of nitrogens with zero attached hydrogens (tertiary/aromatic N) is 2. The van der Waals surface area contributed by atoms with Crippen LogP contribution in [0.3, 0.4) is 0 Å². The van der Waals surface area contributed by atoms with Crippen molar-refractivity contribution in [3.8, 4) is 62.1 Å². The summed E-state index contributed by atoms with van der Waals surface area (Å²) in [5.74, 6) is -2.23. The predicted octanol–water partition coefficient (Wildman–Crippen LogP) is 12.1. The molecule has 6 nitrogen and oxygen atoms in total. The van der Waals surface area contributed by atoms with Gasteiger partial charge in [-0.25, -0.2) is 0 Å². The maximum absolute atomic E-state index is 11.6. The van der Waals surface area contributed by atoms with Crippen LogP contribution >= 0.6 is 0 Å². The second-order valence-electron chi connectivity index (χ2n) is 13.2. The number of hydrogen-bond acceptors (Lipinski definition) is 5. The fourth-order valence-corrected chi connectivity index (χ4v) is 7.44. The van der Waals surface area contributed by atoms with Crippen LogP contribution in [0.5, 0.6) is 23.0 Å². The number of benzene rings is 8. The molecule has 0 saturated carbocycles. The standard InChI is InChI=1S/C48H34N2O4/c51-45-43(34-14-5-2-6-15-34)46(52)48(54)44(47(45)53)49(36-26-22-32(23-27-36)31-12-3-1-4-13-31)37-28-24-33(25-29-37)35-16-11-17-38(30-35)50-41-20-9-7-18-39(41)40-19-8-10-21-42(40)50/h1-30,51-54H. The highest BCUT2D eigenvalue weighted by Gasteiger charge is 2.30. The number of fused-ring (bicyclic) bond motifs is 3. The largest absolute Gasteiger partial charge is 0.504 e. The summed E-state index contributed by atoms with van der Waals surface area (Å²) in [5.41, 5.74) is 8.68. The van der Waals surface area contributed by atoms with Crippen LogP contribution in [0.2, 0.25) is 0 Å². The van der Waals surface area contributed by atoms with Crippen LogP contribution in [0.1, 0.15) is 0 Å². The quantitative estimate of drug-likeness (QED) is 0.0981. The number of hydrogen-bond donors (Lipinski definition) is 4. The maximum Gasteiger partial charge on any atom is 0.186 e. The van der Waals surface area contributed by atoms with Crippen LogP contribution in [0.25, 0.3) is 60.9 Å². The van der Waals surface area contributed by atoms with Crippen LogP contribution < -0.4 is 4.90 Å². The minimum absolute atomic E-state index is 0.0628. The molecule has 54 heavy (non-hydrogen) atoms. The van der Waals surface area contributed by atoms with Gasteiger partial charge < -0.3 is 29.9 Å². The number of anilines is 3. The fraction of sp³-hybridized carbons (Fsp3) is 0. The molecule has 0 unspecified atom stereocenters. The van der Waals surface area contributed by atoms with E-state index in [1.165, 1.54) is 10.8 Å². The molecule has 0 bridgehead atoms. The molecule has 1 heterocycles. The minimum atomic E-state index is -0.570. The molecular formula is C48H34N2O4. The molecule has 0 aliphatic carbocycles. The molecule has 0 fully saturated rings. The first-order chi connectivity index (χ1) is 26.5. The molecule has 0 saturated heterocycles. The Labute approximate surface area is 311 Å². The number of aromatic hydroxyl groups is 4. The van der Waals surface area contributed by atoms with E-state index in [1.54, 1.807) is 35.2 Å². The number of phenolic OH excluding ortho intramolecular Hbond substituents is 4. The summed E-state index contributed by atoms with van der Waals surface area (Å²) in [4.78, 5) is 1.63. The monoisotopic (exact) mass is 702 g/mol. The lowest BCUT2D eigenvalue weighted by molar-refractivity contribution is 0.377. The molecule has 6 heteroatoms. The number of para-hydroxylation sites is 2. The first-order valence-corrected chi connectivity index (χ1v) is 17.7. The van der Waals surface area contributed by atoms with Gasteiger partial charge >= 0.3 is 0 Å². The highest BCUT2D eigenvalue weighted by molar-refractivity contribution is 6.09. The van der Waals surface area contributed by atoms with Crippen LogP contribution in [-0.4, -0.2) is 25.0 Å². The van der Waals surface area contributed by atoms with Crippen LogP contribution in [0, 0.1) is 0 Å². The Balaban J connectivity index is 1.15. The van der Waals surface area contributed by atoms with E-state index in [4.69, 9.17) is 0 Å². The molecule has 4 N–H and O–H groups in total. The zero-order chi connectivity index (χ0) is 36.8. The lowest BCUT2D eigenvalue weighted by Crippen LogP contribution is -2.11. The van der Waals surface area contributed by atoms with Crippen molar-refractivity contribution in [3.63, 3.8) is 0 Å². The Bertz CT molecular complexity index is 2710. The summed E-state index contributed by atoms with van der Waals surface area (Å²) >= 11 is 0. The molecule has 0 atom stereocenters. The molecule has 0 spiro atoms. The Morgan fingerprint density at radius 2 is 0.778 bits per heavy atom. The van der Waals surface area contributed by atoms with Gasteiger partial charge in [-0.2, -0.15) is 0 Å². The molecule has 8 aromatic carbocycles. The molecule has 0 aliphatic rings. The van der Waals surface area contributed by atoms with E-state index in [0.29, 0.717) is 16.9 Å². The predicted molar refractivity (Wildman–Crippen MR) is 218 cm³/mol. The Hall–Kier alpha value is -7.44. The van der Waals surface area contributed by atoms with E-state index in [0.717, 1.165) is 39.0 Å². The summed E-state index contributed by atoms with van der Waals surface area (Å²) in [5, 5.41) is 48.3. The van der Waals surface area contributed by atoms with E-state index < -0.39 is 23.0 Å². The van der Waals surface area contributed by atoms with Crippen molar-refractivity contribution in [2.24, 2.45) is 0 Å². The molecule has 0 aliphatic heterocycles. The first kappa shape index (κ1) is 32.5. The van der Waals surface area contributed by atoms with Gasteiger partial charge in [0.1, 0.15) is 5.69 Å². The van der Waals surface area contributed by atoms with E-state index in [1.807, 2.05) is 78.9 Å². The van der Waals surface area contributed by atoms with Gasteiger partial charge in [0.15, 0.2) is 23.0 Å². The van der Waals surface area contributed by atoms with Crippen molar-refractivity contribution < 1.29 is 20.4 Å². The molecule has 260 valence electrons. The zero-order valence-electron chi connectivity index (χ0n) is 29.0. The first-order valence-electron chi connectivity index (χ1n) is 17.7. The van der Waals surface area contributed by atoms with Gasteiger partial charge in [0.05, 0.1) is 16.6 Å². The SMILES string of the molecule is Oc1c(O)c(N(c2ccc(-c3ccccc3)cc2)c2ccc(-c3cccc(-n4c5ccccc5c5ccccc54)c3)cc2)c(O)c(O)c1-c1ccccc1. The third-order valence-electron chi connectivity index (χ3n) is 10.0. The van der Waals surface area contributed by atoms with Crippen molar-refractivity contribution in [2.45, 2.75) is 0 Å². The molecule has 9 rings (SSSR count).